The van der Waals surface area contributed by atoms with Gasteiger partial charge in [0.25, 0.3) is 0 Å². The molecule has 0 radical (unpaired) electrons. The fraction of sp³-hybridized carbons (Fsp3) is 0.571. The number of sulfone groups is 1. The van der Waals surface area contributed by atoms with Crippen LogP contribution in [-0.4, -0.2) is 25.8 Å². The van der Waals surface area contributed by atoms with Crippen molar-refractivity contribution in [1.29, 1.82) is 0 Å². The summed E-state index contributed by atoms with van der Waals surface area (Å²) in [5.74, 6) is 1.68. The van der Waals surface area contributed by atoms with E-state index in [4.69, 9.17) is 11.6 Å². The summed E-state index contributed by atoms with van der Waals surface area (Å²) in [5, 5.41) is 0. The molecular weight excluding hydrogens is 268 g/mol. The van der Waals surface area contributed by atoms with Gasteiger partial charge in [0.05, 0.1) is 11.5 Å². The zero-order valence-electron chi connectivity index (χ0n) is 10.6. The third-order valence-electron chi connectivity index (χ3n) is 3.71. The van der Waals surface area contributed by atoms with E-state index in [0.29, 0.717) is 17.4 Å². The Morgan fingerprint density at radius 3 is 2.78 bits per heavy atom. The molecule has 0 saturated carbocycles. The van der Waals surface area contributed by atoms with Crippen molar-refractivity contribution >= 4 is 21.4 Å². The topological polar surface area (TPSA) is 34.1 Å². The molecular formula is C14H19ClO2S. The predicted octanol–water partition coefficient (Wildman–Crippen LogP) is 2.83. The van der Waals surface area contributed by atoms with Crippen molar-refractivity contribution in [2.24, 2.45) is 11.8 Å². The van der Waals surface area contributed by atoms with Gasteiger partial charge in [-0.05, 0) is 37.2 Å². The van der Waals surface area contributed by atoms with E-state index in [9.17, 15) is 8.42 Å². The van der Waals surface area contributed by atoms with Crippen LogP contribution in [-0.2, 0) is 16.3 Å². The Bertz CT molecular complexity index is 510. The van der Waals surface area contributed by atoms with Crippen LogP contribution in [0.2, 0.25) is 0 Å². The highest BCUT2D eigenvalue weighted by molar-refractivity contribution is 7.91. The van der Waals surface area contributed by atoms with Crippen LogP contribution in [0.5, 0.6) is 0 Å². The molecule has 1 heterocycles. The second-order valence-corrected chi connectivity index (χ2v) is 7.81. The maximum Gasteiger partial charge on any atom is 0.150 e. The van der Waals surface area contributed by atoms with E-state index in [-0.39, 0.29) is 11.8 Å². The summed E-state index contributed by atoms with van der Waals surface area (Å²) >= 11 is 6.04. The Labute approximate surface area is 114 Å². The van der Waals surface area contributed by atoms with Gasteiger partial charge in [-0.1, -0.05) is 29.8 Å². The summed E-state index contributed by atoms with van der Waals surface area (Å²) < 4.78 is 23.0. The lowest BCUT2D eigenvalue weighted by Gasteiger charge is -2.20. The highest BCUT2D eigenvalue weighted by atomic mass is 35.5. The first-order valence-corrected chi connectivity index (χ1v) is 8.68. The van der Waals surface area contributed by atoms with Gasteiger partial charge in [0.15, 0.2) is 9.84 Å². The summed E-state index contributed by atoms with van der Waals surface area (Å²) in [4.78, 5) is 0. The molecule has 2 nitrogen and oxygen atoms in total. The minimum atomic E-state index is -2.81. The fourth-order valence-electron chi connectivity index (χ4n) is 2.68. The number of alkyl halides is 1. The van der Waals surface area contributed by atoms with Gasteiger partial charge in [0, 0.05) is 5.88 Å². The molecule has 1 saturated heterocycles. The number of aryl methyl sites for hydroxylation is 1. The zero-order chi connectivity index (χ0) is 13.2. The molecule has 4 heteroatoms. The lowest BCUT2D eigenvalue weighted by molar-refractivity contribution is 0.398. The van der Waals surface area contributed by atoms with Crippen LogP contribution in [0.1, 0.15) is 17.5 Å². The van der Waals surface area contributed by atoms with Crippen LogP contribution < -0.4 is 0 Å². The molecule has 1 aromatic rings. The Morgan fingerprint density at radius 2 is 2.22 bits per heavy atom. The van der Waals surface area contributed by atoms with E-state index in [0.717, 1.165) is 12.8 Å². The molecule has 2 unspecified atom stereocenters. The van der Waals surface area contributed by atoms with Crippen LogP contribution in [0.4, 0.5) is 0 Å². The minimum absolute atomic E-state index is 0.230. The first kappa shape index (κ1) is 13.9. The van der Waals surface area contributed by atoms with Gasteiger partial charge < -0.3 is 0 Å². The largest absolute Gasteiger partial charge is 0.229 e. The molecule has 1 aliphatic rings. The zero-order valence-corrected chi connectivity index (χ0v) is 12.2. The second-order valence-electron chi connectivity index (χ2n) is 5.27. The van der Waals surface area contributed by atoms with E-state index >= 15 is 0 Å². The van der Waals surface area contributed by atoms with Crippen LogP contribution in [0, 0.1) is 18.8 Å². The van der Waals surface area contributed by atoms with E-state index in [1.165, 1.54) is 11.1 Å². The Kier molecular flexibility index (Phi) is 4.33. The molecule has 1 aromatic carbocycles. The monoisotopic (exact) mass is 286 g/mol. The third kappa shape index (κ3) is 3.48. The lowest BCUT2D eigenvalue weighted by atomic mass is 9.87. The molecule has 0 spiro atoms. The third-order valence-corrected chi connectivity index (χ3v) is 5.90. The van der Waals surface area contributed by atoms with E-state index in [2.05, 4.69) is 25.1 Å². The number of hydrogen-bond acceptors (Lipinski definition) is 2. The SMILES string of the molecule is Cc1cccc(CC(CCl)C2CCS(=O)(=O)C2)c1. The Morgan fingerprint density at radius 1 is 1.44 bits per heavy atom. The van der Waals surface area contributed by atoms with Gasteiger partial charge in [-0.2, -0.15) is 0 Å². The Hall–Kier alpha value is -0.540. The highest BCUT2D eigenvalue weighted by Crippen LogP contribution is 2.29. The average molecular weight is 287 g/mol. The van der Waals surface area contributed by atoms with Crippen molar-refractivity contribution in [2.75, 3.05) is 17.4 Å². The van der Waals surface area contributed by atoms with Crippen molar-refractivity contribution in [3.05, 3.63) is 35.4 Å². The molecule has 18 heavy (non-hydrogen) atoms. The van der Waals surface area contributed by atoms with Gasteiger partial charge >= 0.3 is 0 Å². The lowest BCUT2D eigenvalue weighted by Crippen LogP contribution is -2.20. The second kappa shape index (κ2) is 5.62. The quantitative estimate of drug-likeness (QED) is 0.798. The van der Waals surface area contributed by atoms with Gasteiger partial charge in [-0.25, -0.2) is 8.42 Å². The molecule has 2 atom stereocenters. The van der Waals surface area contributed by atoms with Crippen molar-refractivity contribution in [2.45, 2.75) is 19.8 Å². The molecule has 2 rings (SSSR count). The summed E-state index contributed by atoms with van der Waals surface area (Å²) in [7, 11) is -2.81. The number of rotatable bonds is 4. The Balaban J connectivity index is 2.06. The fourth-order valence-corrected chi connectivity index (χ4v) is 4.97. The molecule has 1 fully saturated rings. The standard InChI is InChI=1S/C14H19ClO2S/c1-11-3-2-4-12(7-11)8-14(9-15)13-5-6-18(16,17)10-13/h2-4,7,13-14H,5-6,8-10H2,1H3. The minimum Gasteiger partial charge on any atom is -0.229 e. The van der Waals surface area contributed by atoms with E-state index in [1.807, 2.05) is 6.07 Å². The van der Waals surface area contributed by atoms with Crippen molar-refractivity contribution in [1.82, 2.24) is 0 Å². The normalized spacial score (nSPS) is 24.0. The van der Waals surface area contributed by atoms with Gasteiger partial charge in [0.2, 0.25) is 0 Å². The van der Waals surface area contributed by atoms with Crippen molar-refractivity contribution in [3.63, 3.8) is 0 Å². The van der Waals surface area contributed by atoms with Crippen molar-refractivity contribution in [3.8, 4) is 0 Å². The molecule has 0 bridgehead atoms. The number of hydrogen-bond donors (Lipinski definition) is 0. The average Bonchev–Trinajstić information content (AvgIpc) is 2.66. The summed E-state index contributed by atoms with van der Waals surface area (Å²) in [6.07, 6.45) is 1.65. The molecule has 0 aromatic heterocycles. The highest BCUT2D eigenvalue weighted by Gasteiger charge is 2.33. The van der Waals surface area contributed by atoms with Crippen molar-refractivity contribution < 1.29 is 8.42 Å². The first-order valence-electron chi connectivity index (χ1n) is 6.32. The molecule has 1 aliphatic heterocycles. The maximum absolute atomic E-state index is 11.5. The van der Waals surface area contributed by atoms with Gasteiger partial charge in [-0.15, -0.1) is 11.6 Å². The van der Waals surface area contributed by atoms with Crippen LogP contribution >= 0.6 is 11.6 Å². The number of halogens is 1. The van der Waals surface area contributed by atoms with Gasteiger partial charge in [0.1, 0.15) is 0 Å². The predicted molar refractivity (Wildman–Crippen MR) is 75.9 cm³/mol. The molecule has 0 aliphatic carbocycles. The van der Waals surface area contributed by atoms with E-state index < -0.39 is 9.84 Å². The summed E-state index contributed by atoms with van der Waals surface area (Å²) in [6, 6.07) is 8.36. The number of benzene rings is 1. The maximum atomic E-state index is 11.5. The van der Waals surface area contributed by atoms with Gasteiger partial charge in [-0.3, -0.25) is 0 Å². The summed E-state index contributed by atoms with van der Waals surface area (Å²) in [5.41, 5.74) is 2.49. The smallest absolute Gasteiger partial charge is 0.150 e. The van der Waals surface area contributed by atoms with E-state index in [1.54, 1.807) is 0 Å². The molecule has 100 valence electrons. The summed E-state index contributed by atoms with van der Waals surface area (Å²) in [6.45, 7) is 2.07. The molecule has 0 N–H and O–H groups in total. The molecule has 0 amide bonds. The van der Waals surface area contributed by atoms with Crippen LogP contribution in [0.25, 0.3) is 0 Å². The van der Waals surface area contributed by atoms with Crippen LogP contribution in [0.3, 0.4) is 0 Å². The first-order chi connectivity index (χ1) is 8.50. The van der Waals surface area contributed by atoms with Crippen LogP contribution in [0.15, 0.2) is 24.3 Å².